The van der Waals surface area contributed by atoms with Gasteiger partial charge in [0.25, 0.3) is 0 Å². The molecule has 0 amide bonds. The summed E-state index contributed by atoms with van der Waals surface area (Å²) in [5.41, 5.74) is 2.66. The van der Waals surface area contributed by atoms with E-state index in [1.54, 1.807) is 7.11 Å². The van der Waals surface area contributed by atoms with Crippen LogP contribution in [-0.2, 0) is 14.3 Å². The summed E-state index contributed by atoms with van der Waals surface area (Å²) >= 11 is 0. The molecule has 5 aliphatic rings. The number of ketones is 1. The second-order valence-electron chi connectivity index (χ2n) is 12.8. The molecule has 6 rings (SSSR count). The Labute approximate surface area is 210 Å². The van der Waals surface area contributed by atoms with E-state index in [1.165, 1.54) is 38.5 Å². The van der Waals surface area contributed by atoms with Crippen LogP contribution >= 0.6 is 0 Å². The molecule has 5 fully saturated rings. The second-order valence-corrected chi connectivity index (χ2v) is 12.8. The summed E-state index contributed by atoms with van der Waals surface area (Å²) in [6, 6.07) is 8.10. The summed E-state index contributed by atoms with van der Waals surface area (Å²) in [5.74, 6) is 4.07. The molecule has 1 saturated heterocycles. The highest BCUT2D eigenvalue weighted by molar-refractivity contribution is 6.00. The zero-order valence-corrected chi connectivity index (χ0v) is 22.0. The Kier molecular flexibility index (Phi) is 5.73. The predicted molar refractivity (Wildman–Crippen MR) is 137 cm³/mol. The number of Topliss-reactive ketones (excluding diaryl/α,β-unsaturated/α-hetero) is 1. The maximum absolute atomic E-state index is 13.2. The minimum Gasteiger partial charge on any atom is -0.497 e. The van der Waals surface area contributed by atoms with Gasteiger partial charge in [0.15, 0.2) is 11.6 Å². The van der Waals surface area contributed by atoms with E-state index < -0.39 is 5.79 Å². The zero-order chi connectivity index (χ0) is 24.4. The summed E-state index contributed by atoms with van der Waals surface area (Å²) in [7, 11) is 1.69. The van der Waals surface area contributed by atoms with Crippen LogP contribution < -0.4 is 4.74 Å². The minimum atomic E-state index is -0.400. The number of carbonyl (C=O) groups is 1. The molecule has 190 valence electrons. The van der Waals surface area contributed by atoms with E-state index in [0.717, 1.165) is 54.8 Å². The summed E-state index contributed by atoms with van der Waals surface area (Å²) in [5, 5.41) is 0. The number of hydrogen-bond donors (Lipinski definition) is 0. The van der Waals surface area contributed by atoms with E-state index in [2.05, 4.69) is 39.0 Å². The van der Waals surface area contributed by atoms with Crippen LogP contribution in [0.25, 0.3) is 6.08 Å². The highest BCUT2D eigenvalue weighted by Gasteiger charge is 2.64. The molecule has 0 radical (unpaired) electrons. The van der Waals surface area contributed by atoms with Gasteiger partial charge in [0.05, 0.1) is 20.3 Å². The van der Waals surface area contributed by atoms with E-state index in [-0.39, 0.29) is 5.41 Å². The molecule has 1 aliphatic heterocycles. The summed E-state index contributed by atoms with van der Waals surface area (Å²) in [6.07, 6.45) is 11.4. The lowest BCUT2D eigenvalue weighted by Crippen LogP contribution is -2.55. The lowest BCUT2D eigenvalue weighted by molar-refractivity contribution is -0.217. The van der Waals surface area contributed by atoms with Crippen molar-refractivity contribution < 1.29 is 19.0 Å². The monoisotopic (exact) mass is 478 g/mol. The minimum absolute atomic E-state index is 0.221. The molecule has 7 atom stereocenters. The van der Waals surface area contributed by atoms with Crippen LogP contribution in [0.3, 0.4) is 0 Å². The van der Waals surface area contributed by atoms with E-state index in [0.29, 0.717) is 29.0 Å². The fraction of sp³-hybridized carbons (Fsp3) is 0.710. The average molecular weight is 479 g/mol. The van der Waals surface area contributed by atoms with Crippen molar-refractivity contribution in [1.29, 1.82) is 0 Å². The molecule has 4 saturated carbocycles. The van der Waals surface area contributed by atoms with Gasteiger partial charge in [-0.25, -0.2) is 0 Å². The van der Waals surface area contributed by atoms with Gasteiger partial charge in [-0.3, -0.25) is 4.79 Å². The molecular weight excluding hydrogens is 436 g/mol. The van der Waals surface area contributed by atoms with Crippen LogP contribution in [0.15, 0.2) is 29.8 Å². The third kappa shape index (κ3) is 3.65. The first-order valence-corrected chi connectivity index (χ1v) is 13.9. The molecule has 4 aliphatic carbocycles. The number of benzene rings is 1. The van der Waals surface area contributed by atoms with E-state index in [4.69, 9.17) is 14.2 Å². The SMILES string of the molecule is COc1ccc(C=C2CC3(C)C(CCC4C3CCC3(C)C4CCC3C3(C)OCCO3)CC2=O)cc1. The first-order valence-electron chi connectivity index (χ1n) is 13.9. The topological polar surface area (TPSA) is 44.8 Å². The molecule has 1 aromatic rings. The van der Waals surface area contributed by atoms with Crippen molar-refractivity contribution >= 4 is 11.9 Å². The maximum atomic E-state index is 13.2. The molecule has 7 unspecified atom stereocenters. The number of rotatable bonds is 3. The van der Waals surface area contributed by atoms with E-state index in [9.17, 15) is 4.79 Å². The molecule has 0 N–H and O–H groups in total. The van der Waals surface area contributed by atoms with Gasteiger partial charge in [0, 0.05) is 12.3 Å². The Hall–Kier alpha value is -1.65. The first kappa shape index (κ1) is 23.7. The summed E-state index contributed by atoms with van der Waals surface area (Å²) < 4.78 is 17.7. The van der Waals surface area contributed by atoms with Crippen molar-refractivity contribution in [2.75, 3.05) is 20.3 Å². The van der Waals surface area contributed by atoms with E-state index >= 15 is 0 Å². The Morgan fingerprint density at radius 1 is 0.914 bits per heavy atom. The number of ether oxygens (including phenoxy) is 3. The van der Waals surface area contributed by atoms with Gasteiger partial charge >= 0.3 is 0 Å². The Balaban J connectivity index is 1.26. The third-order valence-corrected chi connectivity index (χ3v) is 11.4. The Morgan fingerprint density at radius 3 is 2.34 bits per heavy atom. The van der Waals surface area contributed by atoms with Gasteiger partial charge in [-0.2, -0.15) is 0 Å². The standard InChI is InChI=1S/C31H42O4/c1-29-14-13-26-24(25(29)11-12-28(29)31(3)34-15-16-35-31)10-7-22-18-27(32)21(19-30(22,26)2)17-20-5-8-23(33-4)9-6-20/h5-6,8-9,17,22,24-26,28H,7,10-16,18-19H2,1-4H3. The number of methoxy groups -OCH3 is 1. The van der Waals surface area contributed by atoms with Crippen molar-refractivity contribution in [2.45, 2.75) is 77.9 Å². The molecule has 4 nitrogen and oxygen atoms in total. The Bertz CT molecular complexity index is 1010. The molecule has 0 spiro atoms. The van der Waals surface area contributed by atoms with Crippen molar-refractivity contribution in [3.8, 4) is 5.75 Å². The molecule has 1 aromatic carbocycles. The van der Waals surface area contributed by atoms with Gasteiger partial charge in [-0.15, -0.1) is 0 Å². The first-order chi connectivity index (χ1) is 16.8. The highest BCUT2D eigenvalue weighted by Crippen LogP contribution is 2.69. The molecule has 4 heteroatoms. The molecule has 35 heavy (non-hydrogen) atoms. The van der Waals surface area contributed by atoms with Crippen LogP contribution in [0.4, 0.5) is 0 Å². The van der Waals surface area contributed by atoms with Gasteiger partial charge in [-0.1, -0.05) is 26.0 Å². The third-order valence-electron chi connectivity index (χ3n) is 11.4. The van der Waals surface area contributed by atoms with Crippen molar-refractivity contribution in [3.05, 3.63) is 35.4 Å². The number of carbonyl (C=O) groups excluding carboxylic acids is 1. The van der Waals surface area contributed by atoms with Gasteiger partial charge in [0.1, 0.15) is 5.75 Å². The van der Waals surface area contributed by atoms with Crippen LogP contribution in [0.1, 0.15) is 77.7 Å². The van der Waals surface area contributed by atoms with Crippen molar-refractivity contribution in [1.82, 2.24) is 0 Å². The lowest BCUT2D eigenvalue weighted by Gasteiger charge is -2.61. The fourth-order valence-electron chi connectivity index (χ4n) is 9.64. The number of fused-ring (bicyclic) bond motifs is 5. The molecule has 0 bridgehead atoms. The Morgan fingerprint density at radius 2 is 1.63 bits per heavy atom. The van der Waals surface area contributed by atoms with Crippen molar-refractivity contribution in [2.24, 2.45) is 40.4 Å². The average Bonchev–Trinajstić information content (AvgIpc) is 3.44. The van der Waals surface area contributed by atoms with Crippen molar-refractivity contribution in [3.63, 3.8) is 0 Å². The molecular formula is C31H42O4. The van der Waals surface area contributed by atoms with Gasteiger partial charge in [-0.05, 0) is 116 Å². The van der Waals surface area contributed by atoms with Crippen LogP contribution in [0.5, 0.6) is 5.75 Å². The molecule has 1 heterocycles. The smallest absolute Gasteiger partial charge is 0.169 e. The highest BCUT2D eigenvalue weighted by atomic mass is 16.7. The molecule has 0 aromatic heterocycles. The normalized spacial score (nSPS) is 43.5. The van der Waals surface area contributed by atoms with Crippen LogP contribution in [0, 0.1) is 40.4 Å². The van der Waals surface area contributed by atoms with Crippen LogP contribution in [-0.4, -0.2) is 31.9 Å². The zero-order valence-electron chi connectivity index (χ0n) is 22.0. The lowest BCUT2D eigenvalue weighted by atomic mass is 9.44. The summed E-state index contributed by atoms with van der Waals surface area (Å²) in [6.45, 7) is 8.75. The number of hydrogen-bond acceptors (Lipinski definition) is 4. The second kappa shape index (κ2) is 8.45. The largest absolute Gasteiger partial charge is 0.497 e. The van der Waals surface area contributed by atoms with E-state index in [1.807, 2.05) is 12.1 Å². The maximum Gasteiger partial charge on any atom is 0.169 e. The van der Waals surface area contributed by atoms with Gasteiger partial charge in [0.2, 0.25) is 0 Å². The van der Waals surface area contributed by atoms with Crippen LogP contribution in [0.2, 0.25) is 0 Å². The summed E-state index contributed by atoms with van der Waals surface area (Å²) in [4.78, 5) is 13.2. The van der Waals surface area contributed by atoms with Gasteiger partial charge < -0.3 is 14.2 Å². The number of allylic oxidation sites excluding steroid dienone is 1. The quantitative estimate of drug-likeness (QED) is 0.455. The predicted octanol–water partition coefficient (Wildman–Crippen LogP) is 6.68. The fourth-order valence-corrected chi connectivity index (χ4v) is 9.64.